The topological polar surface area (TPSA) is 73.8 Å². The predicted octanol–water partition coefficient (Wildman–Crippen LogP) is 5.38. The largest absolute Gasteiger partial charge is 0.309 e. The number of fused-ring (bicyclic) bond motifs is 2. The molecular formula is C28H31ClN4O3S2. The van der Waals surface area contributed by atoms with Crippen LogP contribution in [0.3, 0.4) is 0 Å². The first-order chi connectivity index (χ1) is 17.7. The third-order valence-electron chi connectivity index (χ3n) is 6.53. The molecule has 200 valence electrons. The maximum absolute atomic E-state index is 13.7. The lowest BCUT2D eigenvalue weighted by atomic mass is 10.2. The molecule has 0 fully saturated rings. The number of halogens is 1. The highest BCUT2D eigenvalue weighted by molar-refractivity contribution is 7.92. The first-order valence-corrected chi connectivity index (χ1v) is 14.5. The number of hydrogen-bond acceptors (Lipinski definition) is 6. The van der Waals surface area contributed by atoms with E-state index in [1.54, 1.807) is 17.0 Å². The Hall–Kier alpha value is -2.98. The Morgan fingerprint density at radius 2 is 1.76 bits per heavy atom. The number of anilines is 2. The Kier molecular flexibility index (Phi) is 8.42. The average Bonchev–Trinajstić information content (AvgIpc) is 3.50. The number of aryl methyl sites for hydroxylation is 1. The second-order valence-electron chi connectivity index (χ2n) is 9.56. The Morgan fingerprint density at radius 1 is 1.03 bits per heavy atom. The molecule has 0 radical (unpaired) electrons. The molecule has 38 heavy (non-hydrogen) atoms. The highest BCUT2D eigenvalue weighted by Crippen LogP contribution is 2.33. The van der Waals surface area contributed by atoms with Crippen LogP contribution in [-0.4, -0.2) is 57.9 Å². The molecule has 0 bridgehead atoms. The number of carbonyl (C=O) groups is 1. The molecule has 0 atom stereocenters. The van der Waals surface area contributed by atoms with Crippen molar-refractivity contribution in [3.8, 4) is 0 Å². The molecule has 0 N–H and O–H groups in total. The van der Waals surface area contributed by atoms with Crippen molar-refractivity contribution in [1.29, 1.82) is 0 Å². The second kappa shape index (κ2) is 11.4. The van der Waals surface area contributed by atoms with Gasteiger partial charge in [0.2, 0.25) is 0 Å². The predicted molar refractivity (Wildman–Crippen MR) is 158 cm³/mol. The van der Waals surface area contributed by atoms with Crippen molar-refractivity contribution in [2.24, 2.45) is 0 Å². The number of hydrogen-bond donors (Lipinski definition) is 0. The first kappa shape index (κ1) is 28.0. The summed E-state index contributed by atoms with van der Waals surface area (Å²) < 4.78 is 29.3. The van der Waals surface area contributed by atoms with Gasteiger partial charge in [0, 0.05) is 18.7 Å². The SMILES string of the molecule is Cc1ccc2nc(N(CCCN(C)C)C(=O)c3ccc(S(=O)(=O)N4CCc5ccccc54)cc3)sc2c1.Cl. The van der Waals surface area contributed by atoms with Gasteiger partial charge in [0.15, 0.2) is 5.13 Å². The molecule has 1 amide bonds. The minimum absolute atomic E-state index is 0. The standard InChI is InChI=1S/C28H30N4O3S2.ClH/c1-20-9-14-24-26(19-20)36-28(29-24)31(17-6-16-30(2)3)27(33)22-10-12-23(13-11-22)37(34,35)32-18-15-21-7-4-5-8-25(21)32;/h4-5,7-14,19H,6,15-18H2,1-3H3;1H. The van der Waals surface area contributed by atoms with Crippen LogP contribution in [0, 0.1) is 6.92 Å². The number of aromatic nitrogens is 1. The van der Waals surface area contributed by atoms with Gasteiger partial charge in [-0.2, -0.15) is 0 Å². The lowest BCUT2D eigenvalue weighted by Crippen LogP contribution is -2.33. The molecule has 0 spiro atoms. The molecule has 10 heteroatoms. The Morgan fingerprint density at radius 3 is 2.50 bits per heavy atom. The van der Waals surface area contributed by atoms with E-state index in [1.165, 1.54) is 27.8 Å². The van der Waals surface area contributed by atoms with Crippen molar-refractivity contribution in [3.05, 3.63) is 83.4 Å². The minimum atomic E-state index is -3.72. The number of rotatable bonds is 8. The van der Waals surface area contributed by atoms with Gasteiger partial charge in [0.25, 0.3) is 15.9 Å². The summed E-state index contributed by atoms with van der Waals surface area (Å²) in [6.45, 7) is 3.80. The van der Waals surface area contributed by atoms with Crippen molar-refractivity contribution in [3.63, 3.8) is 0 Å². The molecule has 0 saturated heterocycles. The van der Waals surface area contributed by atoms with E-state index in [0.717, 1.165) is 40.0 Å². The van der Waals surface area contributed by atoms with Crippen LogP contribution in [0.2, 0.25) is 0 Å². The van der Waals surface area contributed by atoms with Gasteiger partial charge in [-0.15, -0.1) is 12.4 Å². The summed E-state index contributed by atoms with van der Waals surface area (Å²) in [7, 11) is 0.290. The molecule has 0 unspecified atom stereocenters. The number of amides is 1. The second-order valence-corrected chi connectivity index (χ2v) is 12.4. The first-order valence-electron chi connectivity index (χ1n) is 12.3. The maximum atomic E-state index is 13.7. The van der Waals surface area contributed by atoms with Crippen LogP contribution in [0.4, 0.5) is 10.8 Å². The molecular weight excluding hydrogens is 540 g/mol. The highest BCUT2D eigenvalue weighted by Gasteiger charge is 2.31. The molecule has 1 aliphatic heterocycles. The van der Waals surface area contributed by atoms with E-state index < -0.39 is 10.0 Å². The fourth-order valence-electron chi connectivity index (χ4n) is 4.57. The monoisotopic (exact) mass is 570 g/mol. The Labute approximate surface area is 234 Å². The lowest BCUT2D eigenvalue weighted by Gasteiger charge is -2.22. The van der Waals surface area contributed by atoms with Crippen LogP contribution in [0.15, 0.2) is 71.6 Å². The van der Waals surface area contributed by atoms with Crippen molar-refractivity contribution in [2.75, 3.05) is 42.9 Å². The van der Waals surface area contributed by atoms with Gasteiger partial charge >= 0.3 is 0 Å². The molecule has 0 saturated carbocycles. The lowest BCUT2D eigenvalue weighted by molar-refractivity contribution is 0.0986. The van der Waals surface area contributed by atoms with Gasteiger partial charge in [0.1, 0.15) is 0 Å². The molecule has 7 nitrogen and oxygen atoms in total. The summed E-state index contributed by atoms with van der Waals surface area (Å²) in [4.78, 5) is 22.4. The summed E-state index contributed by atoms with van der Waals surface area (Å²) in [5, 5.41) is 0.648. The van der Waals surface area contributed by atoms with Crippen molar-refractivity contribution in [2.45, 2.75) is 24.7 Å². The Balaban J connectivity index is 0.00000336. The van der Waals surface area contributed by atoms with Crippen LogP contribution in [-0.2, 0) is 16.4 Å². The van der Waals surface area contributed by atoms with Crippen LogP contribution < -0.4 is 9.21 Å². The Bertz CT molecular complexity index is 1550. The van der Waals surface area contributed by atoms with Crippen LogP contribution in [0.5, 0.6) is 0 Å². The van der Waals surface area contributed by atoms with E-state index >= 15 is 0 Å². The van der Waals surface area contributed by atoms with Crippen molar-refractivity contribution in [1.82, 2.24) is 9.88 Å². The maximum Gasteiger partial charge on any atom is 0.264 e. The number of benzene rings is 3. The van der Waals surface area contributed by atoms with E-state index in [2.05, 4.69) is 11.0 Å². The smallest absolute Gasteiger partial charge is 0.264 e. The molecule has 2 heterocycles. The van der Waals surface area contributed by atoms with Crippen molar-refractivity contribution < 1.29 is 13.2 Å². The fourth-order valence-corrected chi connectivity index (χ4v) is 7.17. The van der Waals surface area contributed by atoms with Crippen LogP contribution in [0.25, 0.3) is 10.2 Å². The van der Waals surface area contributed by atoms with Crippen LogP contribution >= 0.6 is 23.7 Å². The van der Waals surface area contributed by atoms with Crippen molar-refractivity contribution >= 4 is 60.7 Å². The van der Waals surface area contributed by atoms with Gasteiger partial charge in [-0.1, -0.05) is 35.6 Å². The number of thiazole rings is 1. The highest BCUT2D eigenvalue weighted by atomic mass is 35.5. The summed E-state index contributed by atoms with van der Waals surface area (Å²) in [5.41, 5.74) is 4.19. The quantitative estimate of drug-likeness (QED) is 0.284. The zero-order valence-electron chi connectivity index (χ0n) is 21.6. The van der Waals surface area contributed by atoms with Gasteiger partial charge in [-0.25, -0.2) is 13.4 Å². The summed E-state index contributed by atoms with van der Waals surface area (Å²) in [5.74, 6) is -0.190. The third kappa shape index (κ3) is 5.56. The van der Waals surface area contributed by atoms with Gasteiger partial charge in [-0.05, 0) is 94.0 Å². The summed E-state index contributed by atoms with van der Waals surface area (Å²) >= 11 is 1.50. The summed E-state index contributed by atoms with van der Waals surface area (Å²) in [6.07, 6.45) is 1.48. The van der Waals surface area contributed by atoms with Gasteiger partial charge in [-0.3, -0.25) is 14.0 Å². The third-order valence-corrected chi connectivity index (χ3v) is 9.40. The normalized spacial score (nSPS) is 13.0. The fraction of sp³-hybridized carbons (Fsp3) is 0.286. The van der Waals surface area contributed by atoms with E-state index in [1.807, 2.05) is 57.4 Å². The van der Waals surface area contributed by atoms with E-state index in [9.17, 15) is 13.2 Å². The zero-order valence-corrected chi connectivity index (χ0v) is 24.1. The number of nitrogens with zero attached hydrogens (tertiary/aromatic N) is 4. The van der Waals surface area contributed by atoms with E-state index in [4.69, 9.17) is 4.98 Å². The molecule has 1 aromatic heterocycles. The molecule has 0 aliphatic carbocycles. The number of carbonyl (C=O) groups excluding carboxylic acids is 1. The zero-order chi connectivity index (χ0) is 26.2. The minimum Gasteiger partial charge on any atom is -0.309 e. The molecule has 5 rings (SSSR count). The average molecular weight is 571 g/mol. The summed E-state index contributed by atoms with van der Waals surface area (Å²) in [6, 6.07) is 19.9. The van der Waals surface area contributed by atoms with Gasteiger partial charge in [0.05, 0.1) is 20.8 Å². The van der Waals surface area contributed by atoms with E-state index in [0.29, 0.717) is 30.2 Å². The number of sulfonamides is 1. The number of para-hydroxylation sites is 1. The molecule has 1 aliphatic rings. The van der Waals surface area contributed by atoms with E-state index in [-0.39, 0.29) is 23.2 Å². The molecule has 4 aromatic rings. The van der Waals surface area contributed by atoms with Crippen LogP contribution in [0.1, 0.15) is 27.9 Å². The van der Waals surface area contributed by atoms with Gasteiger partial charge < -0.3 is 4.90 Å². The molecule has 3 aromatic carbocycles.